The van der Waals surface area contributed by atoms with Gasteiger partial charge in [0.15, 0.2) is 0 Å². The van der Waals surface area contributed by atoms with Crippen LogP contribution in [0.5, 0.6) is 0 Å². The third-order valence-corrected chi connectivity index (χ3v) is 6.40. The van der Waals surface area contributed by atoms with E-state index >= 15 is 0 Å². The van der Waals surface area contributed by atoms with E-state index < -0.39 is 10.0 Å². The Balaban J connectivity index is 2.50. The molecule has 0 spiro atoms. The number of amides is 2. The number of halogens is 2. The Hall–Kier alpha value is -0.350. The zero-order valence-electron chi connectivity index (χ0n) is 10.2. The molecule has 0 fully saturated rings. The van der Waals surface area contributed by atoms with E-state index in [1.807, 2.05) is 0 Å². The standard InChI is InChI=1S/C9H13BrClN3O3S2/c1-14(2)9(15)12-3-4-13-19(16,17)7-5-6(11)8(10)18-7/h5,13H,3-4H2,1-2H3,(H,12,15). The van der Waals surface area contributed by atoms with Gasteiger partial charge in [0, 0.05) is 27.2 Å². The van der Waals surface area contributed by atoms with Crippen molar-refractivity contribution in [3.8, 4) is 0 Å². The number of rotatable bonds is 5. The molecule has 6 nitrogen and oxygen atoms in total. The van der Waals surface area contributed by atoms with Gasteiger partial charge in [0.05, 0.1) is 8.81 Å². The molecule has 0 aliphatic carbocycles. The summed E-state index contributed by atoms with van der Waals surface area (Å²) in [5.41, 5.74) is 0. The molecule has 108 valence electrons. The summed E-state index contributed by atoms with van der Waals surface area (Å²) < 4.78 is 26.8. The number of hydrogen-bond acceptors (Lipinski definition) is 4. The van der Waals surface area contributed by atoms with Crippen LogP contribution in [-0.2, 0) is 10.0 Å². The Labute approximate surface area is 129 Å². The van der Waals surface area contributed by atoms with Crippen molar-refractivity contribution < 1.29 is 13.2 Å². The summed E-state index contributed by atoms with van der Waals surface area (Å²) in [6, 6.07) is 1.10. The second-order valence-corrected chi connectivity index (χ2v) is 8.48. The van der Waals surface area contributed by atoms with Gasteiger partial charge in [0.1, 0.15) is 4.21 Å². The molecule has 0 bridgehead atoms. The fraction of sp³-hybridized carbons (Fsp3) is 0.444. The number of carbonyl (C=O) groups excluding carboxylic acids is 1. The van der Waals surface area contributed by atoms with Gasteiger partial charge in [-0.15, -0.1) is 11.3 Å². The molecule has 1 rings (SSSR count). The highest BCUT2D eigenvalue weighted by Gasteiger charge is 2.18. The van der Waals surface area contributed by atoms with Gasteiger partial charge in [-0.1, -0.05) is 11.6 Å². The van der Waals surface area contributed by atoms with Crippen LogP contribution in [-0.4, -0.2) is 46.5 Å². The maximum atomic E-state index is 11.9. The van der Waals surface area contributed by atoms with Gasteiger partial charge >= 0.3 is 6.03 Å². The molecule has 19 heavy (non-hydrogen) atoms. The second kappa shape index (κ2) is 6.89. The summed E-state index contributed by atoms with van der Waals surface area (Å²) in [4.78, 5) is 12.6. The minimum atomic E-state index is -3.59. The molecule has 0 saturated carbocycles. The number of urea groups is 1. The summed E-state index contributed by atoms with van der Waals surface area (Å²) in [6.07, 6.45) is 0. The topological polar surface area (TPSA) is 78.5 Å². The summed E-state index contributed by atoms with van der Waals surface area (Å²) in [6.45, 7) is 0.311. The van der Waals surface area contributed by atoms with Gasteiger partial charge in [0.2, 0.25) is 10.0 Å². The van der Waals surface area contributed by atoms with Crippen molar-refractivity contribution in [3.05, 3.63) is 14.9 Å². The first kappa shape index (κ1) is 16.7. The van der Waals surface area contributed by atoms with Crippen LogP contribution < -0.4 is 10.0 Å². The fourth-order valence-corrected chi connectivity index (χ4v) is 4.52. The van der Waals surface area contributed by atoms with Gasteiger partial charge in [-0.2, -0.15) is 0 Å². The lowest BCUT2D eigenvalue weighted by molar-refractivity contribution is 0.217. The first-order chi connectivity index (χ1) is 8.74. The molecule has 0 radical (unpaired) electrons. The normalized spacial score (nSPS) is 11.4. The maximum Gasteiger partial charge on any atom is 0.316 e. The first-order valence-electron chi connectivity index (χ1n) is 5.13. The molecule has 0 atom stereocenters. The van der Waals surface area contributed by atoms with E-state index in [4.69, 9.17) is 11.6 Å². The smallest absolute Gasteiger partial charge is 0.316 e. The quantitative estimate of drug-likeness (QED) is 0.751. The van der Waals surface area contributed by atoms with Crippen LogP contribution in [0, 0.1) is 0 Å². The zero-order chi connectivity index (χ0) is 14.6. The molecule has 2 N–H and O–H groups in total. The average molecular weight is 391 g/mol. The summed E-state index contributed by atoms with van der Waals surface area (Å²) >= 11 is 9.97. The van der Waals surface area contributed by atoms with Crippen LogP contribution in [0.1, 0.15) is 0 Å². The second-order valence-electron chi connectivity index (χ2n) is 3.71. The molecule has 10 heteroatoms. The summed E-state index contributed by atoms with van der Waals surface area (Å²) in [7, 11) is -0.387. The van der Waals surface area contributed by atoms with E-state index in [0.717, 1.165) is 11.3 Å². The van der Waals surface area contributed by atoms with Gasteiger partial charge < -0.3 is 10.2 Å². The molecule has 0 aromatic carbocycles. The first-order valence-corrected chi connectivity index (χ1v) is 8.61. The van der Waals surface area contributed by atoms with Crippen LogP contribution in [0.4, 0.5) is 4.79 Å². The molecular weight excluding hydrogens is 378 g/mol. The Morgan fingerprint density at radius 2 is 2.11 bits per heavy atom. The zero-order valence-corrected chi connectivity index (χ0v) is 14.2. The number of hydrogen-bond donors (Lipinski definition) is 2. The minimum absolute atomic E-state index is 0.106. The molecule has 0 saturated heterocycles. The average Bonchev–Trinajstić information content (AvgIpc) is 2.65. The van der Waals surface area contributed by atoms with Crippen molar-refractivity contribution in [3.63, 3.8) is 0 Å². The van der Waals surface area contributed by atoms with Crippen molar-refractivity contribution in [2.75, 3.05) is 27.2 Å². The Morgan fingerprint density at radius 3 is 2.58 bits per heavy atom. The van der Waals surface area contributed by atoms with Crippen molar-refractivity contribution in [2.24, 2.45) is 0 Å². The highest BCUT2D eigenvalue weighted by atomic mass is 79.9. The van der Waals surface area contributed by atoms with Crippen LogP contribution in [0.2, 0.25) is 5.02 Å². The van der Waals surface area contributed by atoms with E-state index in [-0.39, 0.29) is 23.3 Å². The monoisotopic (exact) mass is 389 g/mol. The number of nitrogens with one attached hydrogen (secondary N) is 2. The van der Waals surface area contributed by atoms with E-state index in [2.05, 4.69) is 26.0 Å². The molecule has 1 aromatic rings. The summed E-state index contributed by atoms with van der Waals surface area (Å²) in [5, 5.41) is 2.90. The largest absolute Gasteiger partial charge is 0.337 e. The molecular formula is C9H13BrClN3O3S2. The van der Waals surface area contributed by atoms with Crippen LogP contribution in [0.15, 0.2) is 14.1 Å². The Kier molecular flexibility index (Phi) is 6.06. The predicted molar refractivity (Wildman–Crippen MR) is 79.3 cm³/mol. The molecule has 0 unspecified atom stereocenters. The van der Waals surface area contributed by atoms with Crippen LogP contribution >= 0.6 is 38.9 Å². The van der Waals surface area contributed by atoms with Crippen molar-refractivity contribution in [1.82, 2.24) is 14.9 Å². The Bertz CT molecular complexity index is 540. The third-order valence-electron chi connectivity index (χ3n) is 1.99. The van der Waals surface area contributed by atoms with Gasteiger partial charge in [-0.3, -0.25) is 0 Å². The van der Waals surface area contributed by atoms with E-state index in [1.54, 1.807) is 14.1 Å². The Morgan fingerprint density at radius 1 is 1.47 bits per heavy atom. The highest BCUT2D eigenvalue weighted by Crippen LogP contribution is 2.34. The fourth-order valence-electron chi connectivity index (χ4n) is 1.04. The SMILES string of the molecule is CN(C)C(=O)NCCNS(=O)(=O)c1cc(Cl)c(Br)s1. The minimum Gasteiger partial charge on any atom is -0.337 e. The van der Waals surface area contributed by atoms with Crippen LogP contribution in [0.3, 0.4) is 0 Å². The molecule has 0 aliphatic rings. The highest BCUT2D eigenvalue weighted by molar-refractivity contribution is 9.11. The molecule has 1 aromatic heterocycles. The number of sulfonamides is 1. The lowest BCUT2D eigenvalue weighted by Gasteiger charge is -2.12. The summed E-state index contributed by atoms with van der Waals surface area (Å²) in [5.74, 6) is 0. The van der Waals surface area contributed by atoms with E-state index in [0.29, 0.717) is 8.81 Å². The van der Waals surface area contributed by atoms with Crippen molar-refractivity contribution in [1.29, 1.82) is 0 Å². The number of nitrogens with zero attached hydrogens (tertiary/aromatic N) is 1. The number of carbonyl (C=O) groups is 1. The predicted octanol–water partition coefficient (Wildman–Crippen LogP) is 1.71. The maximum absolute atomic E-state index is 11.9. The van der Waals surface area contributed by atoms with Crippen molar-refractivity contribution in [2.45, 2.75) is 4.21 Å². The molecule has 2 amide bonds. The van der Waals surface area contributed by atoms with Gasteiger partial charge in [-0.25, -0.2) is 17.9 Å². The van der Waals surface area contributed by atoms with Crippen LogP contribution in [0.25, 0.3) is 0 Å². The number of thiophene rings is 1. The molecule has 0 aliphatic heterocycles. The van der Waals surface area contributed by atoms with E-state index in [9.17, 15) is 13.2 Å². The lowest BCUT2D eigenvalue weighted by atomic mass is 10.6. The third kappa shape index (κ3) is 4.92. The van der Waals surface area contributed by atoms with Gasteiger partial charge in [0.25, 0.3) is 0 Å². The van der Waals surface area contributed by atoms with E-state index in [1.165, 1.54) is 11.0 Å². The lowest BCUT2D eigenvalue weighted by Crippen LogP contribution is -2.39. The van der Waals surface area contributed by atoms with Gasteiger partial charge in [-0.05, 0) is 22.0 Å². The van der Waals surface area contributed by atoms with Crippen molar-refractivity contribution >= 4 is 54.9 Å². The molecule has 1 heterocycles.